The van der Waals surface area contributed by atoms with Crippen LogP contribution in [0.1, 0.15) is 6.92 Å². The first kappa shape index (κ1) is 10.5. The van der Waals surface area contributed by atoms with Crippen LogP contribution in [-0.4, -0.2) is 6.61 Å². The van der Waals surface area contributed by atoms with Crippen LogP contribution in [-0.2, 0) is 0 Å². The summed E-state index contributed by atoms with van der Waals surface area (Å²) in [4.78, 5) is 0. The highest BCUT2D eigenvalue weighted by atomic mass is 79.9. The largest absolute Gasteiger partial charge is 0.492 e. The van der Waals surface area contributed by atoms with Crippen LogP contribution in [0.4, 0.5) is 0 Å². The van der Waals surface area contributed by atoms with Crippen molar-refractivity contribution >= 4 is 53.3 Å². The van der Waals surface area contributed by atoms with Crippen LogP contribution < -0.4 is 4.74 Å². The Balaban J connectivity index is 2.61. The molecule has 0 fully saturated rings. The monoisotopic (exact) mass is 334 g/mol. The molecule has 0 aliphatic carbocycles. The van der Waals surface area contributed by atoms with E-state index in [2.05, 4.69) is 44.0 Å². The number of rotatable bonds is 2. The molecule has 0 radical (unpaired) electrons. The summed E-state index contributed by atoms with van der Waals surface area (Å²) in [5.74, 6) is 0.973. The van der Waals surface area contributed by atoms with E-state index in [1.165, 1.54) is 10.1 Å². The van der Waals surface area contributed by atoms with Gasteiger partial charge in [0.25, 0.3) is 0 Å². The van der Waals surface area contributed by atoms with Gasteiger partial charge in [0.05, 0.1) is 6.61 Å². The number of hydrogen-bond donors (Lipinski definition) is 0. The van der Waals surface area contributed by atoms with Gasteiger partial charge in [0, 0.05) is 24.4 Å². The van der Waals surface area contributed by atoms with Crippen LogP contribution in [0.5, 0.6) is 5.75 Å². The standard InChI is InChI=1S/C10H8Br2OS/c1-2-13-9-5-14-10-4-8(12)7(11)3-6(9)10/h3-5H,2H2,1H3. The van der Waals surface area contributed by atoms with Gasteiger partial charge in [-0.1, -0.05) is 0 Å². The third-order valence-corrected chi connectivity index (χ3v) is 4.65. The van der Waals surface area contributed by atoms with E-state index in [4.69, 9.17) is 4.74 Å². The first-order valence-electron chi connectivity index (χ1n) is 4.21. The zero-order valence-electron chi connectivity index (χ0n) is 7.51. The molecule has 74 valence electrons. The lowest BCUT2D eigenvalue weighted by molar-refractivity contribution is 0.345. The van der Waals surface area contributed by atoms with Crippen LogP contribution in [0.3, 0.4) is 0 Å². The molecular formula is C10H8Br2OS. The van der Waals surface area contributed by atoms with Gasteiger partial charge in [0.15, 0.2) is 0 Å². The molecule has 14 heavy (non-hydrogen) atoms. The first-order chi connectivity index (χ1) is 6.72. The molecule has 1 heterocycles. The molecule has 0 aliphatic heterocycles. The highest BCUT2D eigenvalue weighted by Gasteiger charge is 2.07. The fourth-order valence-corrected chi connectivity index (χ4v) is 3.01. The Hall–Kier alpha value is -0.0600. The van der Waals surface area contributed by atoms with Gasteiger partial charge >= 0.3 is 0 Å². The van der Waals surface area contributed by atoms with Crippen LogP contribution in [0.2, 0.25) is 0 Å². The third kappa shape index (κ3) is 1.83. The second-order valence-corrected chi connectivity index (χ2v) is 5.42. The molecule has 1 aromatic carbocycles. The summed E-state index contributed by atoms with van der Waals surface area (Å²) in [5.41, 5.74) is 0. The molecule has 0 N–H and O–H groups in total. The average Bonchev–Trinajstić information content (AvgIpc) is 2.51. The first-order valence-corrected chi connectivity index (χ1v) is 6.68. The Labute approximate surface area is 103 Å². The maximum absolute atomic E-state index is 5.53. The van der Waals surface area contributed by atoms with E-state index in [1.807, 2.05) is 12.3 Å². The van der Waals surface area contributed by atoms with Gasteiger partial charge < -0.3 is 4.74 Å². The molecule has 0 saturated carbocycles. The van der Waals surface area contributed by atoms with Crippen LogP contribution >= 0.6 is 43.2 Å². The van der Waals surface area contributed by atoms with Crippen molar-refractivity contribution in [3.8, 4) is 5.75 Å². The lowest BCUT2D eigenvalue weighted by atomic mass is 10.2. The Morgan fingerprint density at radius 1 is 1.29 bits per heavy atom. The number of fused-ring (bicyclic) bond motifs is 1. The smallest absolute Gasteiger partial charge is 0.137 e. The van der Waals surface area contributed by atoms with Crippen molar-refractivity contribution in [2.45, 2.75) is 6.92 Å². The SMILES string of the molecule is CCOc1csc2cc(Br)c(Br)cc12. The molecule has 0 aliphatic rings. The average molecular weight is 336 g/mol. The highest BCUT2D eigenvalue weighted by Crippen LogP contribution is 2.37. The molecule has 0 amide bonds. The van der Waals surface area contributed by atoms with Gasteiger partial charge in [-0.3, -0.25) is 0 Å². The Kier molecular flexibility index (Phi) is 3.14. The highest BCUT2D eigenvalue weighted by molar-refractivity contribution is 9.13. The second kappa shape index (κ2) is 4.21. The minimum atomic E-state index is 0.708. The predicted octanol–water partition coefficient (Wildman–Crippen LogP) is 4.83. The van der Waals surface area contributed by atoms with Crippen molar-refractivity contribution in [3.63, 3.8) is 0 Å². The van der Waals surface area contributed by atoms with E-state index >= 15 is 0 Å². The maximum Gasteiger partial charge on any atom is 0.137 e. The Morgan fingerprint density at radius 3 is 2.71 bits per heavy atom. The summed E-state index contributed by atoms with van der Waals surface area (Å²) in [7, 11) is 0. The molecule has 4 heteroatoms. The maximum atomic E-state index is 5.53. The van der Waals surface area contributed by atoms with Crippen LogP contribution in [0.25, 0.3) is 10.1 Å². The summed E-state index contributed by atoms with van der Waals surface area (Å²) >= 11 is 8.67. The molecule has 0 spiro atoms. The van der Waals surface area contributed by atoms with Crippen molar-refractivity contribution in [3.05, 3.63) is 26.5 Å². The molecule has 2 aromatic rings. The van der Waals surface area contributed by atoms with Gasteiger partial charge in [-0.05, 0) is 50.9 Å². The van der Waals surface area contributed by atoms with Crippen molar-refractivity contribution < 1.29 is 4.74 Å². The summed E-state index contributed by atoms with van der Waals surface area (Å²) in [6, 6.07) is 4.19. The summed E-state index contributed by atoms with van der Waals surface area (Å²) in [5, 5.41) is 3.22. The molecule has 0 atom stereocenters. The summed E-state index contributed by atoms with van der Waals surface area (Å²) in [6.07, 6.45) is 0. The molecule has 2 rings (SSSR count). The van der Waals surface area contributed by atoms with Crippen molar-refractivity contribution in [1.29, 1.82) is 0 Å². The fourth-order valence-electron chi connectivity index (χ4n) is 1.27. The lowest BCUT2D eigenvalue weighted by Crippen LogP contribution is -1.89. The summed E-state index contributed by atoms with van der Waals surface area (Å²) < 4.78 is 8.91. The van der Waals surface area contributed by atoms with E-state index in [9.17, 15) is 0 Å². The quantitative estimate of drug-likeness (QED) is 0.764. The molecular weight excluding hydrogens is 328 g/mol. The van der Waals surface area contributed by atoms with Gasteiger partial charge in [-0.25, -0.2) is 0 Å². The number of thiophene rings is 1. The van der Waals surface area contributed by atoms with E-state index < -0.39 is 0 Å². The van der Waals surface area contributed by atoms with E-state index in [0.29, 0.717) is 6.61 Å². The second-order valence-electron chi connectivity index (χ2n) is 2.80. The third-order valence-electron chi connectivity index (χ3n) is 1.88. The number of ether oxygens (including phenoxy) is 1. The van der Waals surface area contributed by atoms with Crippen molar-refractivity contribution in [2.24, 2.45) is 0 Å². The molecule has 1 aromatic heterocycles. The van der Waals surface area contributed by atoms with Gasteiger partial charge in [0.1, 0.15) is 5.75 Å². The molecule has 1 nitrogen and oxygen atoms in total. The van der Waals surface area contributed by atoms with E-state index in [0.717, 1.165) is 14.7 Å². The number of hydrogen-bond acceptors (Lipinski definition) is 2. The van der Waals surface area contributed by atoms with Gasteiger partial charge in [0.2, 0.25) is 0 Å². The van der Waals surface area contributed by atoms with Gasteiger partial charge in [-0.2, -0.15) is 0 Å². The molecule has 0 saturated heterocycles. The minimum absolute atomic E-state index is 0.708. The minimum Gasteiger partial charge on any atom is -0.492 e. The van der Waals surface area contributed by atoms with Crippen molar-refractivity contribution in [1.82, 2.24) is 0 Å². The van der Waals surface area contributed by atoms with E-state index in [-0.39, 0.29) is 0 Å². The van der Waals surface area contributed by atoms with Crippen LogP contribution in [0, 0.1) is 0 Å². The van der Waals surface area contributed by atoms with Crippen molar-refractivity contribution in [2.75, 3.05) is 6.61 Å². The molecule has 0 unspecified atom stereocenters. The predicted molar refractivity (Wildman–Crippen MR) is 68.4 cm³/mol. The number of halogens is 2. The zero-order valence-corrected chi connectivity index (χ0v) is 11.5. The lowest BCUT2D eigenvalue weighted by Gasteiger charge is -2.01. The Bertz CT molecular complexity index is 464. The van der Waals surface area contributed by atoms with E-state index in [1.54, 1.807) is 11.3 Å². The Morgan fingerprint density at radius 2 is 2.00 bits per heavy atom. The van der Waals surface area contributed by atoms with Gasteiger partial charge in [-0.15, -0.1) is 11.3 Å². The molecule has 0 bridgehead atoms. The number of benzene rings is 1. The fraction of sp³-hybridized carbons (Fsp3) is 0.200. The van der Waals surface area contributed by atoms with Crippen LogP contribution in [0.15, 0.2) is 26.5 Å². The normalized spacial score (nSPS) is 10.8. The topological polar surface area (TPSA) is 9.23 Å². The summed E-state index contributed by atoms with van der Waals surface area (Å²) in [6.45, 7) is 2.71. The zero-order chi connectivity index (χ0) is 10.1.